The highest BCUT2D eigenvalue weighted by molar-refractivity contribution is 5.90. The second-order valence-electron chi connectivity index (χ2n) is 5.00. The lowest BCUT2D eigenvalue weighted by Crippen LogP contribution is -2.09. The minimum atomic E-state index is -1.08. The summed E-state index contributed by atoms with van der Waals surface area (Å²) in [6, 6.07) is 4.71. The zero-order valence-electron chi connectivity index (χ0n) is 12.1. The molecule has 1 aliphatic heterocycles. The molecule has 114 valence electrons. The molecular formula is C16H19FO4. The fourth-order valence-electron chi connectivity index (χ4n) is 2.22. The average Bonchev–Trinajstić information content (AvgIpc) is 3.26. The molecule has 1 fully saturated rings. The summed E-state index contributed by atoms with van der Waals surface area (Å²) in [5, 5.41) is 8.93. The molecule has 0 spiro atoms. The Labute approximate surface area is 123 Å². The van der Waals surface area contributed by atoms with Gasteiger partial charge in [0.2, 0.25) is 0 Å². The fraction of sp³-hybridized carbons (Fsp3) is 0.438. The molecule has 0 aromatic heterocycles. The quantitative estimate of drug-likeness (QED) is 0.620. The van der Waals surface area contributed by atoms with Crippen LogP contribution in [0.5, 0.6) is 0 Å². The van der Waals surface area contributed by atoms with E-state index in [4.69, 9.17) is 14.6 Å². The smallest absolute Gasteiger partial charge is 0.328 e. The van der Waals surface area contributed by atoms with Crippen molar-refractivity contribution in [2.45, 2.75) is 32.5 Å². The maximum absolute atomic E-state index is 14.2. The molecule has 1 aromatic rings. The van der Waals surface area contributed by atoms with Gasteiger partial charge in [0.1, 0.15) is 11.9 Å². The standard InChI is InChI=1S/C16H19FO4/c1-3-11(7-15(18)19)16-13(5-4-6-14(16)17)10(2)20-8-12-9-21-12/h4-7,10,12H,3,8-9H2,1-2H3,(H,18,19)/b11-7+/t10-,12+/m1/s1. The van der Waals surface area contributed by atoms with Gasteiger partial charge in [0.25, 0.3) is 0 Å². The van der Waals surface area contributed by atoms with E-state index < -0.39 is 11.8 Å². The van der Waals surface area contributed by atoms with Gasteiger partial charge in [-0.1, -0.05) is 19.1 Å². The number of hydrogen-bond donors (Lipinski definition) is 1. The average molecular weight is 294 g/mol. The fourth-order valence-corrected chi connectivity index (χ4v) is 2.22. The minimum absolute atomic E-state index is 0.129. The van der Waals surface area contributed by atoms with Gasteiger partial charge in [0, 0.05) is 11.6 Å². The van der Waals surface area contributed by atoms with Crippen LogP contribution in [0.1, 0.15) is 37.5 Å². The van der Waals surface area contributed by atoms with Crippen LogP contribution in [-0.4, -0.2) is 30.4 Å². The number of epoxide rings is 1. The Bertz CT molecular complexity index is 549. The summed E-state index contributed by atoms with van der Waals surface area (Å²) in [7, 11) is 0. The molecule has 1 aliphatic rings. The molecular weight excluding hydrogens is 275 g/mol. The van der Waals surface area contributed by atoms with Crippen LogP contribution in [-0.2, 0) is 14.3 Å². The number of allylic oxidation sites excluding steroid dienone is 1. The summed E-state index contributed by atoms with van der Waals surface area (Å²) in [5.74, 6) is -1.51. The molecule has 5 heteroatoms. The summed E-state index contributed by atoms with van der Waals surface area (Å²) in [4.78, 5) is 10.9. The zero-order valence-corrected chi connectivity index (χ0v) is 12.1. The summed E-state index contributed by atoms with van der Waals surface area (Å²) in [6.45, 7) is 4.78. The molecule has 1 heterocycles. The number of benzene rings is 1. The normalized spacial score (nSPS) is 19.4. The molecule has 2 atom stereocenters. The first-order chi connectivity index (χ1) is 10.0. The van der Waals surface area contributed by atoms with Crippen LogP contribution in [0.4, 0.5) is 4.39 Å². The molecule has 0 unspecified atom stereocenters. The summed E-state index contributed by atoms with van der Waals surface area (Å²) in [5.41, 5.74) is 1.44. The molecule has 21 heavy (non-hydrogen) atoms. The van der Waals surface area contributed by atoms with Gasteiger partial charge in [-0.3, -0.25) is 0 Å². The maximum Gasteiger partial charge on any atom is 0.328 e. The van der Waals surface area contributed by atoms with Crippen molar-refractivity contribution < 1.29 is 23.8 Å². The van der Waals surface area contributed by atoms with Gasteiger partial charge in [-0.15, -0.1) is 0 Å². The lowest BCUT2D eigenvalue weighted by Gasteiger charge is -2.19. The molecule has 0 amide bonds. The van der Waals surface area contributed by atoms with E-state index in [0.717, 1.165) is 6.08 Å². The third-order valence-corrected chi connectivity index (χ3v) is 3.42. The van der Waals surface area contributed by atoms with Crippen molar-refractivity contribution in [3.63, 3.8) is 0 Å². The topological polar surface area (TPSA) is 59.1 Å². The van der Waals surface area contributed by atoms with Crippen molar-refractivity contribution in [2.24, 2.45) is 0 Å². The number of carboxylic acid groups (broad SMARTS) is 1. The Morgan fingerprint density at radius 1 is 1.62 bits per heavy atom. The van der Waals surface area contributed by atoms with Gasteiger partial charge in [-0.05, 0) is 30.5 Å². The summed E-state index contributed by atoms with van der Waals surface area (Å²) >= 11 is 0. The first-order valence-corrected chi connectivity index (χ1v) is 6.98. The van der Waals surface area contributed by atoms with Crippen LogP contribution < -0.4 is 0 Å². The SMILES string of the molecule is CC/C(=C\C(=O)O)c1c(F)cccc1[C@@H](C)OC[C@H]1CO1. The van der Waals surface area contributed by atoms with Gasteiger partial charge in [0.15, 0.2) is 0 Å². The van der Waals surface area contributed by atoms with E-state index in [1.54, 1.807) is 19.1 Å². The molecule has 4 nitrogen and oxygen atoms in total. The van der Waals surface area contributed by atoms with Gasteiger partial charge in [-0.2, -0.15) is 0 Å². The van der Waals surface area contributed by atoms with E-state index in [1.807, 2.05) is 6.92 Å². The van der Waals surface area contributed by atoms with Crippen LogP contribution in [0.15, 0.2) is 24.3 Å². The maximum atomic E-state index is 14.2. The van der Waals surface area contributed by atoms with E-state index in [1.165, 1.54) is 6.07 Å². The molecule has 0 aliphatic carbocycles. The van der Waals surface area contributed by atoms with Crippen molar-refractivity contribution in [3.05, 3.63) is 41.2 Å². The van der Waals surface area contributed by atoms with Gasteiger partial charge >= 0.3 is 5.97 Å². The highest BCUT2D eigenvalue weighted by Crippen LogP contribution is 2.31. The van der Waals surface area contributed by atoms with Crippen molar-refractivity contribution in [1.82, 2.24) is 0 Å². The van der Waals surface area contributed by atoms with Crippen molar-refractivity contribution >= 4 is 11.5 Å². The summed E-state index contributed by atoms with van der Waals surface area (Å²) < 4.78 is 25.0. The third-order valence-electron chi connectivity index (χ3n) is 3.42. The predicted octanol–water partition coefficient (Wildman–Crippen LogP) is 3.18. The number of hydrogen-bond acceptors (Lipinski definition) is 3. The second-order valence-corrected chi connectivity index (χ2v) is 5.00. The van der Waals surface area contributed by atoms with Gasteiger partial charge in [0.05, 0.1) is 19.3 Å². The van der Waals surface area contributed by atoms with Crippen LogP contribution >= 0.6 is 0 Å². The summed E-state index contributed by atoms with van der Waals surface area (Å²) in [6.07, 6.45) is 1.28. The third kappa shape index (κ3) is 4.12. The Morgan fingerprint density at radius 3 is 2.90 bits per heavy atom. The molecule has 0 radical (unpaired) electrons. The number of aliphatic carboxylic acids is 1. The van der Waals surface area contributed by atoms with Gasteiger partial charge < -0.3 is 14.6 Å². The number of ether oxygens (including phenoxy) is 2. The Kier molecular flexibility index (Phi) is 5.09. The number of carbonyl (C=O) groups is 1. The highest BCUT2D eigenvalue weighted by Gasteiger charge is 2.25. The number of halogens is 1. The molecule has 1 saturated heterocycles. The first kappa shape index (κ1) is 15.7. The van der Waals surface area contributed by atoms with Crippen LogP contribution in [0, 0.1) is 5.82 Å². The second kappa shape index (κ2) is 6.83. The van der Waals surface area contributed by atoms with E-state index in [2.05, 4.69) is 0 Å². The minimum Gasteiger partial charge on any atom is -0.478 e. The van der Waals surface area contributed by atoms with Crippen molar-refractivity contribution in [1.29, 1.82) is 0 Å². The molecule has 2 rings (SSSR count). The molecule has 0 bridgehead atoms. The first-order valence-electron chi connectivity index (χ1n) is 6.98. The number of rotatable bonds is 7. The van der Waals surface area contributed by atoms with Gasteiger partial charge in [-0.25, -0.2) is 9.18 Å². The molecule has 0 saturated carbocycles. The molecule has 1 aromatic carbocycles. The van der Waals surface area contributed by atoms with E-state index >= 15 is 0 Å². The number of carboxylic acids is 1. The van der Waals surface area contributed by atoms with Crippen LogP contribution in [0.2, 0.25) is 0 Å². The van der Waals surface area contributed by atoms with Crippen molar-refractivity contribution in [3.8, 4) is 0 Å². The monoisotopic (exact) mass is 294 g/mol. The van der Waals surface area contributed by atoms with Crippen LogP contribution in [0.25, 0.3) is 5.57 Å². The van der Waals surface area contributed by atoms with Crippen LogP contribution in [0.3, 0.4) is 0 Å². The Hall–Kier alpha value is -1.72. The lowest BCUT2D eigenvalue weighted by atomic mass is 9.94. The van der Waals surface area contributed by atoms with E-state index in [-0.39, 0.29) is 12.2 Å². The molecule has 1 N–H and O–H groups in total. The highest BCUT2D eigenvalue weighted by atomic mass is 19.1. The van der Waals surface area contributed by atoms with E-state index in [9.17, 15) is 9.18 Å². The zero-order chi connectivity index (χ0) is 15.4. The largest absolute Gasteiger partial charge is 0.478 e. The predicted molar refractivity (Wildman–Crippen MR) is 76.4 cm³/mol. The van der Waals surface area contributed by atoms with Crippen molar-refractivity contribution in [2.75, 3.05) is 13.2 Å². The Morgan fingerprint density at radius 2 is 2.33 bits per heavy atom. The lowest BCUT2D eigenvalue weighted by molar-refractivity contribution is -0.131. The Balaban J connectivity index is 2.31. The van der Waals surface area contributed by atoms with E-state index in [0.29, 0.717) is 36.3 Å².